The molecule has 1 rings (SSSR count). The van der Waals surface area contributed by atoms with Crippen LogP contribution in [0.15, 0.2) is 17.8 Å². The molecule has 1 aliphatic rings. The van der Waals surface area contributed by atoms with E-state index in [1.54, 1.807) is 0 Å². The van der Waals surface area contributed by atoms with E-state index < -0.39 is 6.09 Å². The molecule has 0 aliphatic carbocycles. The zero-order valence-corrected chi connectivity index (χ0v) is 6.56. The van der Waals surface area contributed by atoms with Crippen molar-refractivity contribution in [2.45, 2.75) is 0 Å². The first-order chi connectivity index (χ1) is 5.77. The van der Waals surface area contributed by atoms with E-state index in [0.717, 1.165) is 0 Å². The predicted molar refractivity (Wildman–Crippen MR) is 42.3 cm³/mol. The first-order valence-corrected chi connectivity index (χ1v) is 3.50. The van der Waals surface area contributed by atoms with Gasteiger partial charge in [0.05, 0.1) is 18.8 Å². The number of hydrogen-bond acceptors (Lipinski definition) is 4. The SMILES string of the molecule is C=CCOC(=O)N1CC(=NO)C1. The van der Waals surface area contributed by atoms with E-state index in [1.807, 2.05) is 0 Å². The quantitative estimate of drug-likeness (QED) is 0.372. The minimum Gasteiger partial charge on any atom is -0.445 e. The highest BCUT2D eigenvalue weighted by Gasteiger charge is 2.27. The minimum absolute atomic E-state index is 0.209. The zero-order chi connectivity index (χ0) is 8.97. The molecule has 1 amide bonds. The summed E-state index contributed by atoms with van der Waals surface area (Å²) >= 11 is 0. The molecule has 0 aromatic carbocycles. The van der Waals surface area contributed by atoms with E-state index in [9.17, 15) is 4.79 Å². The van der Waals surface area contributed by atoms with Crippen LogP contribution in [0.1, 0.15) is 0 Å². The fourth-order valence-electron chi connectivity index (χ4n) is 0.808. The Balaban J connectivity index is 2.23. The second kappa shape index (κ2) is 3.75. The Hall–Kier alpha value is -1.52. The van der Waals surface area contributed by atoms with E-state index >= 15 is 0 Å². The number of likely N-dealkylation sites (tertiary alicyclic amines) is 1. The summed E-state index contributed by atoms with van der Waals surface area (Å²) in [5.74, 6) is 0. The topological polar surface area (TPSA) is 62.1 Å². The summed E-state index contributed by atoms with van der Waals surface area (Å²) in [7, 11) is 0. The van der Waals surface area contributed by atoms with E-state index in [4.69, 9.17) is 9.94 Å². The third kappa shape index (κ3) is 1.75. The third-order valence-corrected chi connectivity index (χ3v) is 1.47. The molecule has 0 aromatic rings. The monoisotopic (exact) mass is 170 g/mol. The van der Waals surface area contributed by atoms with Crippen molar-refractivity contribution >= 4 is 11.8 Å². The van der Waals surface area contributed by atoms with Crippen LogP contribution in [0, 0.1) is 0 Å². The maximum Gasteiger partial charge on any atom is 0.410 e. The lowest BCUT2D eigenvalue weighted by molar-refractivity contribution is 0.114. The third-order valence-electron chi connectivity index (χ3n) is 1.47. The second-order valence-electron chi connectivity index (χ2n) is 2.39. The van der Waals surface area contributed by atoms with Crippen molar-refractivity contribution in [3.8, 4) is 0 Å². The molecular formula is C7H10N2O3. The Morgan fingerprint density at radius 2 is 2.50 bits per heavy atom. The van der Waals surface area contributed by atoms with Crippen LogP contribution in [0.25, 0.3) is 0 Å². The molecule has 1 saturated heterocycles. The van der Waals surface area contributed by atoms with Gasteiger partial charge < -0.3 is 9.94 Å². The average Bonchev–Trinajstić information content (AvgIpc) is 1.99. The Labute approximate surface area is 69.9 Å². The van der Waals surface area contributed by atoms with E-state index in [1.165, 1.54) is 11.0 Å². The van der Waals surface area contributed by atoms with Crippen LogP contribution in [0.2, 0.25) is 0 Å². The van der Waals surface area contributed by atoms with Crippen molar-refractivity contribution < 1.29 is 14.7 Å². The number of ether oxygens (including phenoxy) is 1. The highest BCUT2D eigenvalue weighted by molar-refractivity contribution is 5.97. The predicted octanol–water partition coefficient (Wildman–Crippen LogP) is 0.455. The number of amides is 1. The van der Waals surface area contributed by atoms with Gasteiger partial charge in [-0.15, -0.1) is 0 Å². The van der Waals surface area contributed by atoms with Gasteiger partial charge in [-0.1, -0.05) is 17.8 Å². The number of carbonyl (C=O) groups is 1. The van der Waals surface area contributed by atoms with Crippen LogP contribution in [0.3, 0.4) is 0 Å². The molecule has 0 saturated carbocycles. The number of rotatable bonds is 2. The number of oxime groups is 1. The lowest BCUT2D eigenvalue weighted by atomic mass is 10.2. The van der Waals surface area contributed by atoms with Crippen LogP contribution in [-0.4, -0.2) is 41.6 Å². The molecule has 0 unspecified atom stereocenters. The van der Waals surface area contributed by atoms with E-state index in [-0.39, 0.29) is 6.61 Å². The molecule has 0 spiro atoms. The van der Waals surface area contributed by atoms with Crippen molar-refractivity contribution in [2.24, 2.45) is 5.16 Å². The van der Waals surface area contributed by atoms with Gasteiger partial charge in [0.2, 0.25) is 0 Å². The smallest absolute Gasteiger partial charge is 0.410 e. The summed E-state index contributed by atoms with van der Waals surface area (Å²) < 4.78 is 4.72. The molecule has 1 aliphatic heterocycles. The fraction of sp³-hybridized carbons (Fsp3) is 0.429. The molecule has 0 atom stereocenters. The van der Waals surface area contributed by atoms with Gasteiger partial charge in [-0.05, 0) is 0 Å². The van der Waals surface area contributed by atoms with Crippen LogP contribution in [0.5, 0.6) is 0 Å². The van der Waals surface area contributed by atoms with E-state index in [2.05, 4.69) is 11.7 Å². The molecule has 1 fully saturated rings. The van der Waals surface area contributed by atoms with Crippen molar-refractivity contribution in [3.63, 3.8) is 0 Å². The first kappa shape index (κ1) is 8.58. The largest absolute Gasteiger partial charge is 0.445 e. The second-order valence-corrected chi connectivity index (χ2v) is 2.39. The summed E-state index contributed by atoms with van der Waals surface area (Å²) in [6.45, 7) is 4.32. The van der Waals surface area contributed by atoms with Crippen LogP contribution in [0.4, 0.5) is 4.79 Å². The van der Waals surface area contributed by atoms with Gasteiger partial charge in [0.25, 0.3) is 0 Å². The summed E-state index contributed by atoms with van der Waals surface area (Å²) in [5, 5.41) is 11.2. The first-order valence-electron chi connectivity index (χ1n) is 3.50. The summed E-state index contributed by atoms with van der Waals surface area (Å²) in [5.41, 5.74) is 0.588. The normalized spacial score (nSPS) is 15.0. The van der Waals surface area contributed by atoms with Crippen LogP contribution < -0.4 is 0 Å². The number of carbonyl (C=O) groups excluding carboxylic acids is 1. The van der Waals surface area contributed by atoms with Gasteiger partial charge in [-0.25, -0.2) is 4.79 Å². The van der Waals surface area contributed by atoms with Gasteiger partial charge in [-0.3, -0.25) is 4.90 Å². The van der Waals surface area contributed by atoms with Gasteiger partial charge in [0.1, 0.15) is 6.61 Å². The Morgan fingerprint density at radius 3 is 3.00 bits per heavy atom. The summed E-state index contributed by atoms with van der Waals surface area (Å²) in [6.07, 6.45) is 1.10. The highest BCUT2D eigenvalue weighted by Crippen LogP contribution is 2.05. The average molecular weight is 170 g/mol. The van der Waals surface area contributed by atoms with Crippen molar-refractivity contribution in [1.82, 2.24) is 4.90 Å². The molecule has 5 nitrogen and oxygen atoms in total. The fourth-order valence-corrected chi connectivity index (χ4v) is 0.808. The van der Waals surface area contributed by atoms with E-state index in [0.29, 0.717) is 18.8 Å². The molecule has 0 bridgehead atoms. The standard InChI is InChI=1S/C7H10N2O3/c1-2-3-12-7(10)9-4-6(5-9)8-11/h2,11H,1,3-5H2. The molecule has 0 aromatic heterocycles. The lowest BCUT2D eigenvalue weighted by Crippen LogP contribution is -2.50. The van der Waals surface area contributed by atoms with Crippen LogP contribution in [-0.2, 0) is 4.74 Å². The van der Waals surface area contributed by atoms with Crippen molar-refractivity contribution in [1.29, 1.82) is 0 Å². The summed E-state index contributed by atoms with van der Waals surface area (Å²) in [6, 6.07) is 0. The minimum atomic E-state index is -0.401. The Bertz CT molecular complexity index is 217. The van der Waals surface area contributed by atoms with Gasteiger partial charge in [-0.2, -0.15) is 0 Å². The number of hydrogen-bond donors (Lipinski definition) is 1. The lowest BCUT2D eigenvalue weighted by Gasteiger charge is -2.30. The maximum absolute atomic E-state index is 11.0. The molecule has 1 heterocycles. The molecule has 12 heavy (non-hydrogen) atoms. The van der Waals surface area contributed by atoms with Gasteiger partial charge >= 0.3 is 6.09 Å². The molecule has 66 valence electrons. The summed E-state index contributed by atoms with van der Waals surface area (Å²) in [4.78, 5) is 12.4. The van der Waals surface area contributed by atoms with Crippen molar-refractivity contribution in [2.75, 3.05) is 19.7 Å². The van der Waals surface area contributed by atoms with Gasteiger partial charge in [0, 0.05) is 0 Å². The highest BCUT2D eigenvalue weighted by atomic mass is 16.6. The maximum atomic E-state index is 11.0. The number of nitrogens with zero attached hydrogens (tertiary/aromatic N) is 2. The zero-order valence-electron chi connectivity index (χ0n) is 6.56. The Morgan fingerprint density at radius 1 is 1.83 bits per heavy atom. The van der Waals surface area contributed by atoms with Crippen molar-refractivity contribution in [3.05, 3.63) is 12.7 Å². The Kier molecular flexibility index (Phi) is 2.68. The van der Waals surface area contributed by atoms with Crippen LogP contribution >= 0.6 is 0 Å². The van der Waals surface area contributed by atoms with Gasteiger partial charge in [0.15, 0.2) is 0 Å². The molecule has 5 heteroatoms. The molecule has 0 radical (unpaired) electrons. The molecule has 1 N–H and O–H groups in total. The molecular weight excluding hydrogens is 160 g/mol.